The molecule has 108 valence electrons. The second-order valence-electron chi connectivity index (χ2n) is 3.88. The van der Waals surface area contributed by atoms with Crippen LogP contribution in [0.3, 0.4) is 0 Å². The summed E-state index contributed by atoms with van der Waals surface area (Å²) in [5.74, 6) is -1.25. The Hall–Kier alpha value is -2.31. The Morgan fingerprint density at radius 1 is 1.05 bits per heavy atom. The van der Waals surface area contributed by atoms with Gasteiger partial charge in [-0.2, -0.15) is 0 Å². The number of anilines is 2. The predicted octanol–water partition coefficient (Wildman–Crippen LogP) is 3.73. The van der Waals surface area contributed by atoms with Gasteiger partial charge in [-0.05, 0) is 24.3 Å². The Bertz CT molecular complexity index is 687. The van der Waals surface area contributed by atoms with Crippen molar-refractivity contribution in [3.63, 3.8) is 0 Å². The van der Waals surface area contributed by atoms with Crippen LogP contribution in [0, 0.1) is 0 Å². The topological polar surface area (TPSA) is 91.3 Å². The fourth-order valence-electron chi connectivity index (χ4n) is 1.56. The van der Waals surface area contributed by atoms with Crippen molar-refractivity contribution in [2.24, 2.45) is 0 Å². The van der Waals surface area contributed by atoms with Gasteiger partial charge in [-0.3, -0.25) is 0 Å². The summed E-state index contributed by atoms with van der Waals surface area (Å²) in [5, 5.41) is 14.4. The molecule has 3 N–H and O–H groups in total. The summed E-state index contributed by atoms with van der Waals surface area (Å²) in [6.07, 6.45) is 1.32. The highest BCUT2D eigenvalue weighted by Crippen LogP contribution is 2.29. The number of carboxylic acids is 1. The molecule has 0 saturated heterocycles. The number of halogens is 2. The van der Waals surface area contributed by atoms with E-state index in [9.17, 15) is 9.59 Å². The molecular weight excluding hydrogens is 317 g/mol. The first-order valence-corrected chi connectivity index (χ1v) is 6.45. The minimum Gasteiger partial charge on any atom is -0.476 e. The van der Waals surface area contributed by atoms with Gasteiger partial charge in [0.1, 0.15) is 0 Å². The molecule has 2 rings (SSSR count). The number of carbonyl (C=O) groups excluding carboxylic acids is 1. The van der Waals surface area contributed by atoms with Gasteiger partial charge in [0, 0.05) is 6.20 Å². The molecule has 6 nitrogen and oxygen atoms in total. The number of pyridine rings is 1. The van der Waals surface area contributed by atoms with Gasteiger partial charge in [-0.15, -0.1) is 0 Å². The number of urea groups is 1. The largest absolute Gasteiger partial charge is 0.476 e. The molecule has 2 amide bonds. The molecule has 0 aliphatic carbocycles. The van der Waals surface area contributed by atoms with Gasteiger partial charge in [0.15, 0.2) is 5.69 Å². The minimum atomic E-state index is -1.25. The lowest BCUT2D eigenvalue weighted by atomic mass is 10.3. The van der Waals surface area contributed by atoms with Crippen molar-refractivity contribution in [1.82, 2.24) is 4.98 Å². The van der Waals surface area contributed by atoms with Crippen molar-refractivity contribution in [2.75, 3.05) is 10.6 Å². The Morgan fingerprint density at radius 3 is 2.33 bits per heavy atom. The molecule has 1 aromatic carbocycles. The number of aromatic carboxylic acids is 1. The van der Waals surface area contributed by atoms with Crippen LogP contribution in [0.4, 0.5) is 16.2 Å². The molecule has 0 unspecified atom stereocenters. The van der Waals surface area contributed by atoms with Gasteiger partial charge in [-0.25, -0.2) is 14.6 Å². The quantitative estimate of drug-likeness (QED) is 0.801. The van der Waals surface area contributed by atoms with Crippen molar-refractivity contribution in [1.29, 1.82) is 0 Å². The molecular formula is C13H9Cl2N3O3. The number of para-hydroxylation sites is 1. The lowest BCUT2D eigenvalue weighted by Crippen LogP contribution is -2.21. The Morgan fingerprint density at radius 2 is 1.71 bits per heavy atom. The zero-order valence-electron chi connectivity index (χ0n) is 10.4. The SMILES string of the molecule is O=C(Nc1cccnc1C(=O)O)Nc1c(Cl)cccc1Cl. The van der Waals surface area contributed by atoms with E-state index in [1.807, 2.05) is 0 Å². The molecule has 0 fully saturated rings. The molecule has 0 spiro atoms. The summed E-state index contributed by atoms with van der Waals surface area (Å²) in [6, 6.07) is 7.01. The first kappa shape index (κ1) is 15.1. The lowest BCUT2D eigenvalue weighted by Gasteiger charge is -2.11. The molecule has 0 radical (unpaired) electrons. The number of carboxylic acid groups (broad SMARTS) is 1. The smallest absolute Gasteiger partial charge is 0.356 e. The Labute approximate surface area is 129 Å². The van der Waals surface area contributed by atoms with E-state index in [1.165, 1.54) is 18.3 Å². The molecule has 0 saturated carbocycles. The number of amides is 2. The van der Waals surface area contributed by atoms with E-state index in [0.29, 0.717) is 0 Å². The van der Waals surface area contributed by atoms with E-state index in [4.69, 9.17) is 28.3 Å². The van der Waals surface area contributed by atoms with Crippen LogP contribution in [-0.4, -0.2) is 22.1 Å². The van der Waals surface area contributed by atoms with E-state index in [-0.39, 0.29) is 27.1 Å². The van der Waals surface area contributed by atoms with Gasteiger partial charge in [0.25, 0.3) is 0 Å². The fraction of sp³-hybridized carbons (Fsp3) is 0. The Kier molecular flexibility index (Phi) is 4.62. The normalized spacial score (nSPS) is 10.0. The third-order valence-corrected chi connectivity index (χ3v) is 3.09. The van der Waals surface area contributed by atoms with Crippen molar-refractivity contribution in [3.8, 4) is 0 Å². The zero-order chi connectivity index (χ0) is 15.4. The van der Waals surface area contributed by atoms with Crippen molar-refractivity contribution >= 4 is 46.6 Å². The minimum absolute atomic E-state index is 0.0608. The second-order valence-corrected chi connectivity index (χ2v) is 4.69. The van der Waals surface area contributed by atoms with Crippen LogP contribution in [-0.2, 0) is 0 Å². The molecule has 8 heteroatoms. The highest BCUT2D eigenvalue weighted by atomic mass is 35.5. The van der Waals surface area contributed by atoms with Crippen molar-refractivity contribution in [2.45, 2.75) is 0 Å². The van der Waals surface area contributed by atoms with Gasteiger partial charge < -0.3 is 15.7 Å². The number of nitrogens with zero attached hydrogens (tertiary/aromatic N) is 1. The Balaban J connectivity index is 2.18. The van der Waals surface area contributed by atoms with Crippen molar-refractivity contribution in [3.05, 3.63) is 52.3 Å². The average molecular weight is 326 g/mol. The first-order chi connectivity index (χ1) is 9.99. The summed E-state index contributed by atoms with van der Waals surface area (Å²) in [7, 11) is 0. The molecule has 0 atom stereocenters. The standard InChI is InChI=1S/C13H9Cl2N3O3/c14-7-3-1-4-8(15)10(7)18-13(21)17-9-5-2-6-16-11(9)12(19)20/h1-6H,(H,19,20)(H2,17,18,21). The van der Waals surface area contributed by atoms with E-state index in [1.54, 1.807) is 18.2 Å². The molecule has 1 heterocycles. The summed E-state index contributed by atoms with van der Waals surface area (Å²) in [4.78, 5) is 26.6. The van der Waals surface area contributed by atoms with Crippen LogP contribution in [0.1, 0.15) is 10.5 Å². The maximum Gasteiger partial charge on any atom is 0.356 e. The zero-order valence-corrected chi connectivity index (χ0v) is 11.9. The van der Waals surface area contributed by atoms with Gasteiger partial charge >= 0.3 is 12.0 Å². The second kappa shape index (κ2) is 6.43. The van der Waals surface area contributed by atoms with E-state index in [0.717, 1.165) is 0 Å². The summed E-state index contributed by atoms with van der Waals surface area (Å²) < 4.78 is 0. The molecule has 1 aromatic heterocycles. The van der Waals surface area contributed by atoms with Crippen molar-refractivity contribution < 1.29 is 14.7 Å². The van der Waals surface area contributed by atoms with Crippen LogP contribution >= 0.6 is 23.2 Å². The molecule has 0 bridgehead atoms. The van der Waals surface area contributed by atoms with Gasteiger partial charge in [0.2, 0.25) is 0 Å². The monoisotopic (exact) mass is 325 g/mol. The maximum absolute atomic E-state index is 11.9. The van der Waals surface area contributed by atoms with E-state index < -0.39 is 12.0 Å². The lowest BCUT2D eigenvalue weighted by molar-refractivity contribution is 0.0692. The number of carbonyl (C=O) groups is 2. The molecule has 0 aliphatic heterocycles. The van der Waals surface area contributed by atoms with Crippen LogP contribution in [0.5, 0.6) is 0 Å². The average Bonchev–Trinajstić information content (AvgIpc) is 2.43. The van der Waals surface area contributed by atoms with Crippen LogP contribution in [0.25, 0.3) is 0 Å². The third-order valence-electron chi connectivity index (χ3n) is 2.46. The number of hydrogen-bond acceptors (Lipinski definition) is 3. The fourth-order valence-corrected chi connectivity index (χ4v) is 2.05. The van der Waals surface area contributed by atoms with Gasteiger partial charge in [-0.1, -0.05) is 29.3 Å². The highest BCUT2D eigenvalue weighted by molar-refractivity contribution is 6.39. The number of nitrogens with one attached hydrogen (secondary N) is 2. The first-order valence-electron chi connectivity index (χ1n) is 5.69. The highest BCUT2D eigenvalue weighted by Gasteiger charge is 2.15. The molecule has 2 aromatic rings. The summed E-state index contributed by atoms with van der Waals surface area (Å²) in [5.41, 5.74) is 0.0303. The number of rotatable bonds is 3. The van der Waals surface area contributed by atoms with E-state index >= 15 is 0 Å². The van der Waals surface area contributed by atoms with Gasteiger partial charge in [0.05, 0.1) is 21.4 Å². The van der Waals surface area contributed by atoms with Crippen LogP contribution in [0.2, 0.25) is 10.0 Å². The van der Waals surface area contributed by atoms with Crippen LogP contribution < -0.4 is 10.6 Å². The van der Waals surface area contributed by atoms with E-state index in [2.05, 4.69) is 15.6 Å². The maximum atomic E-state index is 11.9. The number of hydrogen-bond donors (Lipinski definition) is 3. The predicted molar refractivity (Wildman–Crippen MR) is 80.3 cm³/mol. The summed E-state index contributed by atoms with van der Waals surface area (Å²) >= 11 is 11.8. The molecule has 0 aliphatic rings. The third kappa shape index (κ3) is 3.62. The number of aromatic nitrogens is 1. The summed E-state index contributed by atoms with van der Waals surface area (Å²) in [6.45, 7) is 0. The van der Waals surface area contributed by atoms with Crippen LogP contribution in [0.15, 0.2) is 36.5 Å². The number of benzene rings is 1. The molecule has 21 heavy (non-hydrogen) atoms.